The predicted octanol–water partition coefficient (Wildman–Crippen LogP) is 3.34. The second-order valence-electron chi connectivity index (χ2n) is 8.51. The highest BCUT2D eigenvalue weighted by molar-refractivity contribution is 7.17. The molecule has 0 aromatic carbocycles. The van der Waals surface area contributed by atoms with Crippen LogP contribution in [0.4, 0.5) is 5.00 Å². The first-order valence-corrected chi connectivity index (χ1v) is 10.8. The third-order valence-electron chi connectivity index (χ3n) is 7.07. The molecule has 0 spiro atoms. The number of amides is 1. The maximum Gasteiger partial charge on any atom is 0.341 e. The molecule has 1 aromatic heterocycles. The monoisotopic (exact) mass is 374 g/mol. The molecule has 4 aliphatic carbocycles. The Balaban J connectivity index is 1.46. The summed E-state index contributed by atoms with van der Waals surface area (Å²) in [5.74, 6) is 1.88. The lowest BCUT2D eigenvalue weighted by molar-refractivity contribution is -0.127. The number of ether oxygens (including phenoxy) is 1. The smallest absolute Gasteiger partial charge is 0.341 e. The molecule has 6 rings (SSSR count). The standard InChI is InChI=1S/C20H26N2O3S/c1-2-25-18(23)16-14-10-21-4-3-15(14)26-17(16)22-19(24)20-8-11-5-12(9-20)7-13(20)6-11/h11-13,21H,2-10H2,1H3,(H,22,24). The average molecular weight is 375 g/mol. The fourth-order valence-corrected chi connectivity index (χ4v) is 7.42. The summed E-state index contributed by atoms with van der Waals surface area (Å²) < 4.78 is 5.30. The second kappa shape index (κ2) is 6.06. The van der Waals surface area contributed by atoms with Crippen LogP contribution in [-0.2, 0) is 22.5 Å². The molecule has 1 aliphatic heterocycles. The van der Waals surface area contributed by atoms with Gasteiger partial charge in [0.2, 0.25) is 5.91 Å². The molecule has 0 saturated heterocycles. The quantitative estimate of drug-likeness (QED) is 0.793. The summed E-state index contributed by atoms with van der Waals surface area (Å²) in [6.45, 7) is 3.76. The van der Waals surface area contributed by atoms with E-state index in [1.807, 2.05) is 6.92 Å². The molecule has 4 bridgehead atoms. The van der Waals surface area contributed by atoms with Gasteiger partial charge in [-0.15, -0.1) is 11.3 Å². The van der Waals surface area contributed by atoms with Crippen molar-refractivity contribution in [1.82, 2.24) is 5.32 Å². The molecule has 140 valence electrons. The molecule has 2 N–H and O–H groups in total. The van der Waals surface area contributed by atoms with E-state index in [0.717, 1.165) is 43.2 Å². The van der Waals surface area contributed by atoms with Crippen LogP contribution in [0.3, 0.4) is 0 Å². The van der Waals surface area contributed by atoms with E-state index in [1.165, 1.54) is 24.1 Å². The van der Waals surface area contributed by atoms with E-state index in [2.05, 4.69) is 10.6 Å². The van der Waals surface area contributed by atoms with E-state index in [4.69, 9.17) is 4.74 Å². The zero-order chi connectivity index (χ0) is 17.9. The van der Waals surface area contributed by atoms with E-state index in [-0.39, 0.29) is 17.3 Å². The van der Waals surface area contributed by atoms with Gasteiger partial charge < -0.3 is 15.4 Å². The first-order chi connectivity index (χ1) is 12.6. The maximum absolute atomic E-state index is 13.4. The van der Waals surface area contributed by atoms with Crippen LogP contribution in [0.1, 0.15) is 59.8 Å². The van der Waals surface area contributed by atoms with Crippen molar-refractivity contribution in [3.8, 4) is 0 Å². The number of carbonyl (C=O) groups excluding carboxylic acids is 2. The molecule has 1 amide bonds. The van der Waals surface area contributed by atoms with Crippen LogP contribution in [0.25, 0.3) is 0 Å². The Morgan fingerprint density at radius 3 is 2.77 bits per heavy atom. The summed E-state index contributed by atoms with van der Waals surface area (Å²) in [7, 11) is 0. The molecule has 2 heterocycles. The third kappa shape index (κ3) is 2.38. The summed E-state index contributed by atoms with van der Waals surface area (Å²) in [5.41, 5.74) is 1.42. The van der Waals surface area contributed by atoms with Crippen molar-refractivity contribution in [3.05, 3.63) is 16.0 Å². The molecule has 5 aliphatic rings. The van der Waals surface area contributed by atoms with Gasteiger partial charge in [-0.25, -0.2) is 4.79 Å². The topological polar surface area (TPSA) is 67.4 Å². The summed E-state index contributed by atoms with van der Waals surface area (Å²) in [6, 6.07) is 0. The number of hydrogen-bond donors (Lipinski definition) is 2. The summed E-state index contributed by atoms with van der Waals surface area (Å²) in [4.78, 5) is 27.2. The number of anilines is 1. The summed E-state index contributed by atoms with van der Waals surface area (Å²) >= 11 is 1.57. The highest BCUT2D eigenvalue weighted by atomic mass is 32.1. The molecular formula is C20H26N2O3S. The van der Waals surface area contributed by atoms with Gasteiger partial charge in [0, 0.05) is 18.0 Å². The molecule has 26 heavy (non-hydrogen) atoms. The molecule has 5 nitrogen and oxygen atoms in total. The summed E-state index contributed by atoms with van der Waals surface area (Å²) in [5, 5.41) is 7.25. The molecule has 2 atom stereocenters. The highest BCUT2D eigenvalue weighted by Gasteiger charge is 2.61. The van der Waals surface area contributed by atoms with Crippen molar-refractivity contribution in [3.63, 3.8) is 0 Å². The third-order valence-corrected chi connectivity index (χ3v) is 8.28. The summed E-state index contributed by atoms with van der Waals surface area (Å²) in [6.07, 6.45) is 6.75. The van der Waals surface area contributed by atoms with Gasteiger partial charge in [0.1, 0.15) is 5.00 Å². The Labute approximate surface area is 157 Å². The first kappa shape index (κ1) is 16.8. The normalized spacial score (nSPS) is 34.0. The van der Waals surface area contributed by atoms with Crippen LogP contribution >= 0.6 is 11.3 Å². The van der Waals surface area contributed by atoms with Crippen LogP contribution in [0.15, 0.2) is 0 Å². The molecule has 4 fully saturated rings. The Bertz CT molecular complexity index is 757. The van der Waals surface area contributed by atoms with Crippen molar-refractivity contribution < 1.29 is 14.3 Å². The number of nitrogens with one attached hydrogen (secondary N) is 2. The average Bonchev–Trinajstić information content (AvgIpc) is 3.19. The van der Waals surface area contributed by atoms with Crippen molar-refractivity contribution in [2.75, 3.05) is 18.5 Å². The zero-order valence-corrected chi connectivity index (χ0v) is 16.0. The van der Waals surface area contributed by atoms with Crippen molar-refractivity contribution >= 4 is 28.2 Å². The van der Waals surface area contributed by atoms with E-state index in [0.29, 0.717) is 29.6 Å². The lowest BCUT2D eigenvalue weighted by Crippen LogP contribution is -2.37. The second-order valence-corrected chi connectivity index (χ2v) is 9.61. The van der Waals surface area contributed by atoms with Gasteiger partial charge >= 0.3 is 5.97 Å². The molecule has 1 aromatic rings. The molecule has 6 heteroatoms. The first-order valence-electron chi connectivity index (χ1n) is 9.94. The fraction of sp³-hybridized carbons (Fsp3) is 0.700. The lowest BCUT2D eigenvalue weighted by Gasteiger charge is -2.31. The molecule has 0 radical (unpaired) electrons. The lowest BCUT2D eigenvalue weighted by atomic mass is 9.75. The van der Waals surface area contributed by atoms with E-state index < -0.39 is 0 Å². The van der Waals surface area contributed by atoms with Crippen LogP contribution in [-0.4, -0.2) is 25.0 Å². The number of esters is 1. The Hall–Kier alpha value is -1.40. The van der Waals surface area contributed by atoms with Crippen LogP contribution in [0, 0.1) is 23.2 Å². The maximum atomic E-state index is 13.4. The number of rotatable bonds is 4. The van der Waals surface area contributed by atoms with Crippen LogP contribution in [0.5, 0.6) is 0 Å². The minimum absolute atomic E-state index is 0.157. The van der Waals surface area contributed by atoms with Gasteiger partial charge in [0.05, 0.1) is 17.6 Å². The predicted molar refractivity (Wildman–Crippen MR) is 100 cm³/mol. The number of thiophene rings is 1. The zero-order valence-electron chi connectivity index (χ0n) is 15.2. The minimum atomic E-state index is -0.307. The Morgan fingerprint density at radius 1 is 1.27 bits per heavy atom. The Kier molecular flexibility index (Phi) is 3.90. The van der Waals surface area contributed by atoms with E-state index >= 15 is 0 Å². The van der Waals surface area contributed by atoms with E-state index in [9.17, 15) is 9.59 Å². The van der Waals surface area contributed by atoms with Crippen molar-refractivity contribution in [2.24, 2.45) is 23.2 Å². The molecule has 2 unspecified atom stereocenters. The van der Waals surface area contributed by atoms with Gasteiger partial charge in [-0.2, -0.15) is 0 Å². The number of hydrogen-bond acceptors (Lipinski definition) is 5. The van der Waals surface area contributed by atoms with Crippen molar-refractivity contribution in [2.45, 2.75) is 52.0 Å². The number of fused-ring (bicyclic) bond motifs is 1. The van der Waals surface area contributed by atoms with Crippen LogP contribution in [0.2, 0.25) is 0 Å². The van der Waals surface area contributed by atoms with Crippen molar-refractivity contribution in [1.29, 1.82) is 0 Å². The minimum Gasteiger partial charge on any atom is -0.462 e. The van der Waals surface area contributed by atoms with E-state index in [1.54, 1.807) is 11.3 Å². The number of carbonyl (C=O) groups is 2. The molecule has 4 saturated carbocycles. The largest absolute Gasteiger partial charge is 0.462 e. The van der Waals surface area contributed by atoms with Gasteiger partial charge in [0.15, 0.2) is 0 Å². The van der Waals surface area contributed by atoms with Crippen LogP contribution < -0.4 is 10.6 Å². The fourth-order valence-electron chi connectivity index (χ4n) is 6.22. The van der Waals surface area contributed by atoms with Gasteiger partial charge in [-0.3, -0.25) is 4.79 Å². The molecular weight excluding hydrogens is 348 g/mol. The van der Waals surface area contributed by atoms with Gasteiger partial charge in [-0.05, 0) is 68.8 Å². The van der Waals surface area contributed by atoms with Gasteiger partial charge in [-0.1, -0.05) is 0 Å². The van der Waals surface area contributed by atoms with Gasteiger partial charge in [0.25, 0.3) is 0 Å². The SMILES string of the molecule is CCOC(=O)c1c(NC(=O)C23CC4CC(CC2C4)C3)sc2c1CNCC2. The highest BCUT2D eigenvalue weighted by Crippen LogP contribution is 2.65. The Morgan fingerprint density at radius 2 is 2.04 bits per heavy atom.